The molecule has 0 radical (unpaired) electrons. The van der Waals surface area contributed by atoms with Crippen LogP contribution in [0.4, 0.5) is 10.1 Å². The smallest absolute Gasteiger partial charge is 0.243 e. The first-order valence-electron chi connectivity index (χ1n) is 8.42. The van der Waals surface area contributed by atoms with E-state index in [1.54, 1.807) is 4.90 Å². The normalized spacial score (nSPS) is 14.5. The van der Waals surface area contributed by atoms with Crippen LogP contribution < -0.4 is 4.31 Å². The molecule has 0 bridgehead atoms. The number of aryl methyl sites for hydroxylation is 1. The largest absolute Gasteiger partial charge is 0.337 e. The summed E-state index contributed by atoms with van der Waals surface area (Å²) in [6, 6.07) is 13.2. The van der Waals surface area contributed by atoms with Gasteiger partial charge in [-0.15, -0.1) is 0 Å². The Bertz CT molecular complexity index is 915. The maximum absolute atomic E-state index is 13.5. The van der Waals surface area contributed by atoms with E-state index in [0.29, 0.717) is 13.1 Å². The minimum absolute atomic E-state index is 0.149. The second-order valence-electron chi connectivity index (χ2n) is 6.44. The Morgan fingerprint density at radius 2 is 1.88 bits per heavy atom. The quantitative estimate of drug-likeness (QED) is 0.824. The van der Waals surface area contributed by atoms with Crippen molar-refractivity contribution in [2.75, 3.05) is 23.7 Å². The van der Waals surface area contributed by atoms with Gasteiger partial charge in [-0.05, 0) is 42.2 Å². The topological polar surface area (TPSA) is 57.7 Å². The number of amides is 1. The molecule has 0 aromatic heterocycles. The Hall–Kier alpha value is -2.41. The lowest BCUT2D eigenvalue weighted by molar-refractivity contribution is -0.130. The van der Waals surface area contributed by atoms with Crippen molar-refractivity contribution in [3.63, 3.8) is 0 Å². The number of carbonyl (C=O) groups is 1. The molecule has 0 saturated heterocycles. The summed E-state index contributed by atoms with van der Waals surface area (Å²) in [7, 11) is -3.72. The van der Waals surface area contributed by atoms with Gasteiger partial charge in [0.15, 0.2) is 0 Å². The molecular weight excluding hydrogens is 355 g/mol. The van der Waals surface area contributed by atoms with E-state index in [1.807, 2.05) is 18.2 Å². The van der Waals surface area contributed by atoms with Crippen LogP contribution >= 0.6 is 0 Å². The first-order chi connectivity index (χ1) is 12.3. The number of fused-ring (bicyclic) bond motifs is 1. The molecule has 2 aromatic rings. The number of halogens is 1. The van der Waals surface area contributed by atoms with Crippen molar-refractivity contribution >= 4 is 21.6 Å². The summed E-state index contributed by atoms with van der Waals surface area (Å²) in [6.07, 6.45) is 2.73. The molecule has 0 spiro atoms. The van der Waals surface area contributed by atoms with Crippen LogP contribution in [-0.2, 0) is 27.8 Å². The Morgan fingerprint density at radius 1 is 1.15 bits per heavy atom. The second-order valence-corrected chi connectivity index (χ2v) is 8.34. The van der Waals surface area contributed by atoms with E-state index in [9.17, 15) is 17.6 Å². The molecule has 1 amide bonds. The number of hydrogen-bond acceptors (Lipinski definition) is 3. The summed E-state index contributed by atoms with van der Waals surface area (Å²) in [4.78, 5) is 14.5. The summed E-state index contributed by atoms with van der Waals surface area (Å²) in [5, 5.41) is 0. The van der Waals surface area contributed by atoms with Gasteiger partial charge >= 0.3 is 0 Å². The molecule has 0 fully saturated rings. The second kappa shape index (κ2) is 7.45. The lowest BCUT2D eigenvalue weighted by Gasteiger charge is -2.27. The van der Waals surface area contributed by atoms with Crippen LogP contribution in [0, 0.1) is 5.82 Å². The Labute approximate surface area is 153 Å². The third-order valence-electron chi connectivity index (χ3n) is 4.48. The SMILES string of the molecule is CS(=O)(=O)N(CC(=O)N1CCCc2ccccc2C1)c1cccc(F)c1. The molecule has 7 heteroatoms. The number of rotatable bonds is 4. The number of benzene rings is 2. The van der Waals surface area contributed by atoms with Gasteiger partial charge < -0.3 is 4.90 Å². The molecule has 3 rings (SSSR count). The van der Waals surface area contributed by atoms with Gasteiger partial charge in [-0.1, -0.05) is 30.3 Å². The van der Waals surface area contributed by atoms with Crippen molar-refractivity contribution in [2.45, 2.75) is 19.4 Å². The molecule has 0 N–H and O–H groups in total. The summed E-state index contributed by atoms with van der Waals surface area (Å²) in [5.74, 6) is -0.844. The maximum atomic E-state index is 13.5. The van der Waals surface area contributed by atoms with Crippen molar-refractivity contribution in [3.8, 4) is 0 Å². The fourth-order valence-electron chi connectivity index (χ4n) is 3.17. The monoisotopic (exact) mass is 376 g/mol. The molecule has 2 aromatic carbocycles. The van der Waals surface area contributed by atoms with Crippen LogP contribution in [0.1, 0.15) is 17.5 Å². The molecule has 0 aliphatic carbocycles. The number of nitrogens with zero attached hydrogens (tertiary/aromatic N) is 2. The van der Waals surface area contributed by atoms with Gasteiger partial charge in [0.2, 0.25) is 15.9 Å². The van der Waals surface area contributed by atoms with Crippen LogP contribution in [0.2, 0.25) is 0 Å². The molecule has 0 unspecified atom stereocenters. The molecule has 26 heavy (non-hydrogen) atoms. The molecule has 0 atom stereocenters. The first-order valence-corrected chi connectivity index (χ1v) is 10.3. The van der Waals surface area contributed by atoms with Gasteiger partial charge in [0, 0.05) is 13.1 Å². The standard InChI is InChI=1S/C19H21FN2O3S/c1-26(24,25)22(18-10-4-9-17(20)12-18)14-19(23)21-11-5-8-15-6-2-3-7-16(15)13-21/h2-4,6-7,9-10,12H,5,8,11,13-14H2,1H3. The van der Waals surface area contributed by atoms with Crippen molar-refractivity contribution in [1.82, 2.24) is 4.90 Å². The zero-order chi connectivity index (χ0) is 18.7. The lowest BCUT2D eigenvalue weighted by Crippen LogP contribution is -2.42. The minimum Gasteiger partial charge on any atom is -0.337 e. The van der Waals surface area contributed by atoms with Gasteiger partial charge in [-0.3, -0.25) is 9.10 Å². The van der Waals surface area contributed by atoms with E-state index in [2.05, 4.69) is 6.07 Å². The highest BCUT2D eigenvalue weighted by Gasteiger charge is 2.25. The fraction of sp³-hybridized carbons (Fsp3) is 0.316. The van der Waals surface area contributed by atoms with Crippen molar-refractivity contribution < 1.29 is 17.6 Å². The van der Waals surface area contributed by atoms with Crippen molar-refractivity contribution in [2.24, 2.45) is 0 Å². The molecule has 1 aliphatic rings. The number of sulfonamides is 1. The van der Waals surface area contributed by atoms with Gasteiger partial charge in [0.1, 0.15) is 12.4 Å². The van der Waals surface area contributed by atoms with Gasteiger partial charge in [-0.25, -0.2) is 12.8 Å². The highest BCUT2D eigenvalue weighted by Crippen LogP contribution is 2.21. The molecule has 5 nitrogen and oxygen atoms in total. The lowest BCUT2D eigenvalue weighted by atomic mass is 10.0. The molecule has 1 aliphatic heterocycles. The van der Waals surface area contributed by atoms with E-state index in [4.69, 9.17) is 0 Å². The van der Waals surface area contributed by atoms with Crippen LogP contribution in [0.5, 0.6) is 0 Å². The van der Waals surface area contributed by atoms with Crippen molar-refractivity contribution in [3.05, 3.63) is 65.5 Å². The van der Waals surface area contributed by atoms with Crippen LogP contribution in [0.25, 0.3) is 0 Å². The predicted molar refractivity (Wildman–Crippen MR) is 98.8 cm³/mol. The molecule has 1 heterocycles. The third-order valence-corrected chi connectivity index (χ3v) is 5.62. The van der Waals surface area contributed by atoms with Gasteiger partial charge in [0.25, 0.3) is 0 Å². The molecular formula is C19H21FN2O3S. The molecule has 0 saturated carbocycles. The van der Waals surface area contributed by atoms with E-state index in [0.717, 1.165) is 35.0 Å². The Balaban J connectivity index is 1.82. The summed E-state index contributed by atoms with van der Waals surface area (Å²) in [6.45, 7) is 0.675. The number of carbonyl (C=O) groups excluding carboxylic acids is 1. The first kappa shape index (κ1) is 18.4. The number of anilines is 1. The zero-order valence-corrected chi connectivity index (χ0v) is 15.4. The molecule has 138 valence electrons. The average molecular weight is 376 g/mol. The van der Waals surface area contributed by atoms with Gasteiger partial charge in [-0.2, -0.15) is 0 Å². The van der Waals surface area contributed by atoms with E-state index in [-0.39, 0.29) is 18.1 Å². The summed E-state index contributed by atoms with van der Waals surface area (Å²) < 4.78 is 38.8. The van der Waals surface area contributed by atoms with Crippen LogP contribution in [-0.4, -0.2) is 38.6 Å². The summed E-state index contributed by atoms with van der Waals surface area (Å²) >= 11 is 0. The number of hydrogen-bond donors (Lipinski definition) is 0. The Morgan fingerprint density at radius 3 is 2.58 bits per heavy atom. The fourth-order valence-corrected chi connectivity index (χ4v) is 4.01. The summed E-state index contributed by atoms with van der Waals surface area (Å²) in [5.41, 5.74) is 2.44. The van der Waals surface area contributed by atoms with Gasteiger partial charge in [0.05, 0.1) is 11.9 Å². The Kier molecular flexibility index (Phi) is 5.27. The third kappa shape index (κ3) is 4.22. The van der Waals surface area contributed by atoms with E-state index in [1.165, 1.54) is 23.8 Å². The highest BCUT2D eigenvalue weighted by atomic mass is 32.2. The predicted octanol–water partition coefficient (Wildman–Crippen LogP) is 2.57. The van der Waals surface area contributed by atoms with Crippen LogP contribution in [0.3, 0.4) is 0 Å². The average Bonchev–Trinajstić information content (AvgIpc) is 2.81. The van der Waals surface area contributed by atoms with Crippen LogP contribution in [0.15, 0.2) is 48.5 Å². The van der Waals surface area contributed by atoms with E-state index >= 15 is 0 Å². The van der Waals surface area contributed by atoms with E-state index < -0.39 is 15.8 Å². The zero-order valence-electron chi connectivity index (χ0n) is 14.6. The van der Waals surface area contributed by atoms with Crippen molar-refractivity contribution in [1.29, 1.82) is 0 Å². The maximum Gasteiger partial charge on any atom is 0.243 e. The highest BCUT2D eigenvalue weighted by molar-refractivity contribution is 7.92. The minimum atomic E-state index is -3.72.